The Bertz CT molecular complexity index is 1290. The summed E-state index contributed by atoms with van der Waals surface area (Å²) >= 11 is 0. The van der Waals surface area contributed by atoms with Crippen LogP contribution in [0.4, 0.5) is 4.39 Å². The van der Waals surface area contributed by atoms with E-state index in [0.717, 1.165) is 22.9 Å². The maximum absolute atomic E-state index is 14.5. The fourth-order valence-corrected chi connectivity index (χ4v) is 3.32. The van der Waals surface area contributed by atoms with E-state index in [1.54, 1.807) is 50.1 Å². The van der Waals surface area contributed by atoms with Crippen LogP contribution in [0.1, 0.15) is 12.5 Å². The average Bonchev–Trinajstić information content (AvgIpc) is 2.81. The van der Waals surface area contributed by atoms with E-state index in [1.165, 1.54) is 6.07 Å². The summed E-state index contributed by atoms with van der Waals surface area (Å²) in [6, 6.07) is 15.8. The number of halogens is 1. The minimum absolute atomic E-state index is 0.342. The molecule has 0 aliphatic heterocycles. The van der Waals surface area contributed by atoms with Crippen LogP contribution in [0.25, 0.3) is 33.5 Å². The zero-order chi connectivity index (χ0) is 21.6. The van der Waals surface area contributed by atoms with Gasteiger partial charge >= 0.3 is 0 Å². The molecule has 0 N–H and O–H groups in total. The second-order valence-corrected chi connectivity index (χ2v) is 6.79. The second-order valence-electron chi connectivity index (χ2n) is 6.79. The van der Waals surface area contributed by atoms with Crippen LogP contribution >= 0.6 is 0 Å². The summed E-state index contributed by atoms with van der Waals surface area (Å²) in [5, 5.41) is 0.818. The number of hydrogen-bond acceptors (Lipinski definition) is 5. The first kappa shape index (κ1) is 20.3. The molecule has 6 heteroatoms. The SMILES string of the molecule is CCc1cncccc(-c2cc(-c3ccccc3F)nc3ncccc23)ncc1OC. The van der Waals surface area contributed by atoms with E-state index in [0.29, 0.717) is 28.3 Å². The van der Waals surface area contributed by atoms with Crippen LogP contribution in [0.5, 0.6) is 5.75 Å². The van der Waals surface area contributed by atoms with Crippen LogP contribution in [0, 0.1) is 5.82 Å². The minimum Gasteiger partial charge on any atom is -0.495 e. The van der Waals surface area contributed by atoms with Gasteiger partial charge in [0, 0.05) is 40.7 Å². The van der Waals surface area contributed by atoms with Crippen molar-refractivity contribution >= 4 is 11.0 Å². The number of pyridine rings is 2. The Labute approximate surface area is 180 Å². The third kappa shape index (κ3) is 4.33. The lowest BCUT2D eigenvalue weighted by Gasteiger charge is -2.09. The largest absolute Gasteiger partial charge is 0.495 e. The molecule has 0 aliphatic rings. The highest BCUT2D eigenvalue weighted by atomic mass is 19.1. The summed E-state index contributed by atoms with van der Waals surface area (Å²) in [4.78, 5) is 18.0. The van der Waals surface area contributed by atoms with Gasteiger partial charge in [-0.15, -0.1) is 0 Å². The number of ether oxygens (including phenoxy) is 1. The minimum atomic E-state index is -0.342. The maximum Gasteiger partial charge on any atom is 0.160 e. The number of hydrogen-bond donors (Lipinski definition) is 0. The summed E-state index contributed by atoms with van der Waals surface area (Å²) in [6.45, 7) is 2.03. The number of aromatic nitrogens is 4. The van der Waals surface area contributed by atoms with E-state index < -0.39 is 0 Å². The molecule has 0 spiro atoms. The molecule has 4 aromatic rings. The normalized spacial score (nSPS) is 10.5. The molecule has 0 bridgehead atoms. The first-order valence-electron chi connectivity index (χ1n) is 9.93. The van der Waals surface area contributed by atoms with Crippen LogP contribution in [0.15, 0.2) is 79.4 Å². The summed E-state index contributed by atoms with van der Waals surface area (Å²) in [5.74, 6) is 0.296. The summed E-state index contributed by atoms with van der Waals surface area (Å²) in [7, 11) is 1.61. The van der Waals surface area contributed by atoms with Gasteiger partial charge in [-0.25, -0.2) is 14.4 Å². The predicted octanol–water partition coefficient (Wildman–Crippen LogP) is 5.59. The average molecular weight is 412 g/mol. The number of nitrogens with zero attached hydrogens (tertiary/aromatic N) is 4. The van der Waals surface area contributed by atoms with Gasteiger partial charge in [0.05, 0.1) is 24.7 Å². The molecule has 3 heterocycles. The Kier molecular flexibility index (Phi) is 6.08. The van der Waals surface area contributed by atoms with Crippen molar-refractivity contribution in [1.82, 2.24) is 19.9 Å². The third-order valence-electron chi connectivity index (χ3n) is 4.90. The lowest BCUT2D eigenvalue weighted by molar-refractivity contribution is 0.409. The van der Waals surface area contributed by atoms with Crippen molar-refractivity contribution in [3.63, 3.8) is 0 Å². The van der Waals surface area contributed by atoms with Gasteiger partial charge < -0.3 is 4.74 Å². The van der Waals surface area contributed by atoms with Crippen LogP contribution < -0.4 is 4.74 Å². The van der Waals surface area contributed by atoms with Crippen LogP contribution in [-0.2, 0) is 6.42 Å². The van der Waals surface area contributed by atoms with Crippen LogP contribution in [0.2, 0.25) is 0 Å². The van der Waals surface area contributed by atoms with Gasteiger partial charge in [0.2, 0.25) is 0 Å². The highest BCUT2D eigenvalue weighted by Crippen LogP contribution is 2.31. The number of rotatable bonds is 4. The van der Waals surface area contributed by atoms with Gasteiger partial charge in [0.15, 0.2) is 5.65 Å². The van der Waals surface area contributed by atoms with Crippen molar-refractivity contribution < 1.29 is 9.13 Å². The van der Waals surface area contributed by atoms with Crippen LogP contribution in [0.3, 0.4) is 0 Å². The zero-order valence-corrected chi connectivity index (χ0v) is 17.3. The molecule has 4 rings (SSSR count). The van der Waals surface area contributed by atoms with Gasteiger partial charge in [0.1, 0.15) is 11.6 Å². The summed E-state index contributed by atoms with van der Waals surface area (Å²) < 4.78 is 20.0. The Morgan fingerprint density at radius 2 is 1.71 bits per heavy atom. The molecule has 5 nitrogen and oxygen atoms in total. The maximum atomic E-state index is 14.5. The fraction of sp³-hybridized carbons (Fsp3) is 0.120. The summed E-state index contributed by atoms with van der Waals surface area (Å²) in [6.07, 6.45) is 7.57. The van der Waals surface area contributed by atoms with E-state index in [-0.39, 0.29) is 5.82 Å². The van der Waals surface area contributed by atoms with Gasteiger partial charge in [-0.1, -0.05) is 19.1 Å². The number of benzene rings is 1. The Morgan fingerprint density at radius 3 is 2.52 bits per heavy atom. The van der Waals surface area contributed by atoms with E-state index in [4.69, 9.17) is 9.72 Å². The van der Waals surface area contributed by atoms with Crippen molar-refractivity contribution in [2.45, 2.75) is 13.3 Å². The van der Waals surface area contributed by atoms with E-state index >= 15 is 0 Å². The fourth-order valence-electron chi connectivity index (χ4n) is 3.32. The lowest BCUT2D eigenvalue weighted by atomic mass is 10.0. The second kappa shape index (κ2) is 9.26. The van der Waals surface area contributed by atoms with Gasteiger partial charge in [-0.2, -0.15) is 0 Å². The number of aryl methyl sites for hydroxylation is 1. The molecule has 0 unspecified atom stereocenters. The van der Waals surface area contributed by atoms with Crippen molar-refractivity contribution in [1.29, 1.82) is 0 Å². The number of fused-ring (bicyclic) bond motifs is 1. The molecule has 0 fully saturated rings. The Balaban J connectivity index is 2.02. The van der Waals surface area contributed by atoms with E-state index in [9.17, 15) is 4.39 Å². The van der Waals surface area contributed by atoms with Crippen LogP contribution in [-0.4, -0.2) is 27.0 Å². The Hall–Kier alpha value is -3.93. The molecule has 0 saturated carbocycles. The van der Waals surface area contributed by atoms with Gasteiger partial charge in [-0.3, -0.25) is 9.97 Å². The molecule has 0 radical (unpaired) electrons. The molecule has 0 aliphatic carbocycles. The van der Waals surface area contributed by atoms with Gasteiger partial charge in [0.25, 0.3) is 0 Å². The molecule has 3 aromatic heterocycles. The molecular weight excluding hydrogens is 391 g/mol. The standard InChI is InChI=1S/C25H21FN4O/c1-3-17-15-27-12-7-11-22(29-16-24(17)31-2)20-14-23(19-8-4-5-10-21(19)26)30-25-18(20)9-6-13-28-25/h4-16H,3H2,1-2H3. The van der Waals surface area contributed by atoms with Crippen molar-refractivity contribution in [3.05, 3.63) is 90.8 Å². The first-order valence-corrected chi connectivity index (χ1v) is 9.93. The Morgan fingerprint density at radius 1 is 0.871 bits per heavy atom. The van der Waals surface area contributed by atoms with Crippen molar-refractivity contribution in [2.75, 3.05) is 7.11 Å². The van der Waals surface area contributed by atoms with Crippen molar-refractivity contribution in [2.24, 2.45) is 0 Å². The monoisotopic (exact) mass is 412 g/mol. The first-order chi connectivity index (χ1) is 15.2. The molecule has 0 saturated heterocycles. The predicted molar refractivity (Wildman–Crippen MR) is 120 cm³/mol. The topological polar surface area (TPSA) is 60.8 Å². The zero-order valence-electron chi connectivity index (χ0n) is 17.3. The van der Waals surface area contributed by atoms with E-state index in [2.05, 4.69) is 15.0 Å². The molecule has 0 atom stereocenters. The summed E-state index contributed by atoms with van der Waals surface area (Å²) in [5.41, 5.74) is 3.81. The van der Waals surface area contributed by atoms with E-state index in [1.807, 2.05) is 37.3 Å². The van der Waals surface area contributed by atoms with Gasteiger partial charge in [-0.05, 0) is 48.9 Å². The molecule has 154 valence electrons. The highest BCUT2D eigenvalue weighted by molar-refractivity contribution is 5.93. The number of methoxy groups -OCH3 is 1. The highest BCUT2D eigenvalue weighted by Gasteiger charge is 2.13. The smallest absolute Gasteiger partial charge is 0.160 e. The van der Waals surface area contributed by atoms with Crippen molar-refractivity contribution in [3.8, 4) is 28.3 Å². The molecule has 31 heavy (non-hydrogen) atoms. The quantitative estimate of drug-likeness (QED) is 0.437. The molecule has 1 aromatic carbocycles. The molecule has 0 amide bonds. The lowest BCUT2D eigenvalue weighted by Crippen LogP contribution is -1.94. The molecular formula is C25H21FN4O. The third-order valence-corrected chi connectivity index (χ3v) is 4.90.